The molecule has 32 heavy (non-hydrogen) atoms. The van der Waals surface area contributed by atoms with E-state index in [0.717, 1.165) is 5.69 Å². The highest BCUT2D eigenvalue weighted by Gasteiger charge is 2.48. The molecule has 0 bridgehead atoms. The van der Waals surface area contributed by atoms with Crippen LogP contribution in [0.3, 0.4) is 0 Å². The standard InChI is InChI=1S/C26H24N3O2S/c1-26(17-19-11-15-24(27(19)2)29(30)31)23(14-12-20-8-6-16-32-20)28(3)22-13-10-18-7-4-5-9-21(18)25(22)26/h4-16H,17H2,1-3H3/q+1/b14-12+. The van der Waals surface area contributed by atoms with Crippen LogP contribution in [-0.2, 0) is 18.9 Å². The maximum absolute atomic E-state index is 11.4. The van der Waals surface area contributed by atoms with E-state index in [0.29, 0.717) is 6.42 Å². The van der Waals surface area contributed by atoms with Gasteiger partial charge >= 0.3 is 5.82 Å². The van der Waals surface area contributed by atoms with Gasteiger partial charge in [-0.05, 0) is 52.3 Å². The smallest absolute Gasteiger partial charge is 0.323 e. The maximum atomic E-state index is 11.4. The number of rotatable bonds is 5. The topological polar surface area (TPSA) is 51.1 Å². The van der Waals surface area contributed by atoms with Crippen LogP contribution in [0.1, 0.15) is 23.1 Å². The molecule has 1 atom stereocenters. The Morgan fingerprint density at radius 1 is 1.09 bits per heavy atom. The molecule has 4 aromatic rings. The molecule has 2 aromatic heterocycles. The molecule has 0 saturated carbocycles. The van der Waals surface area contributed by atoms with Crippen molar-refractivity contribution >= 4 is 45.4 Å². The monoisotopic (exact) mass is 442 g/mol. The summed E-state index contributed by atoms with van der Waals surface area (Å²) in [6.07, 6.45) is 5.03. The van der Waals surface area contributed by atoms with E-state index >= 15 is 0 Å². The maximum Gasteiger partial charge on any atom is 0.323 e. The molecular formula is C26H24N3O2S+. The largest absolute Gasteiger partial charge is 0.358 e. The molecule has 0 amide bonds. The highest BCUT2D eigenvalue weighted by molar-refractivity contribution is 7.10. The fourth-order valence-electron chi connectivity index (χ4n) is 5.03. The van der Waals surface area contributed by atoms with Crippen molar-refractivity contribution in [3.05, 3.63) is 98.4 Å². The summed E-state index contributed by atoms with van der Waals surface area (Å²) in [7, 11) is 3.89. The summed E-state index contributed by atoms with van der Waals surface area (Å²) in [6, 6.07) is 20.5. The molecular weight excluding hydrogens is 418 g/mol. The van der Waals surface area contributed by atoms with Gasteiger partial charge < -0.3 is 10.1 Å². The minimum absolute atomic E-state index is 0.115. The van der Waals surface area contributed by atoms with Gasteiger partial charge in [-0.2, -0.15) is 4.58 Å². The van der Waals surface area contributed by atoms with E-state index in [1.807, 2.05) is 6.07 Å². The molecule has 5 rings (SSSR count). The molecule has 1 aliphatic rings. The Kier molecular flexibility index (Phi) is 4.82. The second-order valence-electron chi connectivity index (χ2n) is 8.48. The van der Waals surface area contributed by atoms with Crippen LogP contribution in [0.25, 0.3) is 16.8 Å². The number of nitrogens with zero attached hydrogens (tertiary/aromatic N) is 3. The van der Waals surface area contributed by atoms with Gasteiger partial charge in [-0.15, -0.1) is 11.3 Å². The van der Waals surface area contributed by atoms with Crippen molar-refractivity contribution < 1.29 is 9.50 Å². The van der Waals surface area contributed by atoms with E-state index < -0.39 is 0 Å². The van der Waals surface area contributed by atoms with Crippen LogP contribution in [0.2, 0.25) is 0 Å². The van der Waals surface area contributed by atoms with Crippen LogP contribution in [0.15, 0.2) is 72.1 Å². The molecule has 160 valence electrons. The van der Waals surface area contributed by atoms with E-state index in [9.17, 15) is 10.1 Å². The van der Waals surface area contributed by atoms with E-state index in [1.165, 1.54) is 32.6 Å². The van der Waals surface area contributed by atoms with Crippen LogP contribution in [-0.4, -0.2) is 26.8 Å². The molecule has 6 heteroatoms. The second-order valence-corrected chi connectivity index (χ2v) is 9.46. The van der Waals surface area contributed by atoms with Gasteiger partial charge in [0.25, 0.3) is 0 Å². The normalized spacial score (nSPS) is 18.1. The predicted octanol–water partition coefficient (Wildman–Crippen LogP) is 6.09. The first kappa shape index (κ1) is 20.4. The Labute approximate surface area is 190 Å². The molecule has 1 aliphatic heterocycles. The molecule has 0 radical (unpaired) electrons. The molecule has 2 aromatic carbocycles. The number of thiophene rings is 1. The summed E-state index contributed by atoms with van der Waals surface area (Å²) >= 11 is 1.71. The lowest BCUT2D eigenvalue weighted by Crippen LogP contribution is -2.34. The quantitative estimate of drug-likeness (QED) is 0.213. The SMILES string of the molecule is Cn1c(CC2(C)C(/C=C/c3cccs3)=[N+](C)c3ccc4ccccc4c32)ccc1[N+](=O)[O-]. The first-order valence-corrected chi connectivity index (χ1v) is 11.4. The minimum Gasteiger partial charge on any atom is -0.358 e. The first-order chi connectivity index (χ1) is 15.4. The van der Waals surface area contributed by atoms with E-state index in [4.69, 9.17) is 0 Å². The van der Waals surface area contributed by atoms with Crippen molar-refractivity contribution in [1.29, 1.82) is 0 Å². The number of benzene rings is 2. The first-order valence-electron chi connectivity index (χ1n) is 10.5. The number of aromatic nitrogens is 1. The zero-order chi connectivity index (χ0) is 22.5. The van der Waals surface area contributed by atoms with Crippen molar-refractivity contribution in [3.8, 4) is 0 Å². The third-order valence-electron chi connectivity index (χ3n) is 6.62. The lowest BCUT2D eigenvalue weighted by Gasteiger charge is -2.23. The summed E-state index contributed by atoms with van der Waals surface area (Å²) < 4.78 is 3.97. The van der Waals surface area contributed by atoms with Crippen molar-refractivity contribution in [2.24, 2.45) is 7.05 Å². The van der Waals surface area contributed by atoms with E-state index in [-0.39, 0.29) is 16.2 Å². The van der Waals surface area contributed by atoms with Gasteiger partial charge in [0.15, 0.2) is 5.71 Å². The molecule has 1 unspecified atom stereocenters. The molecule has 3 heterocycles. The van der Waals surface area contributed by atoms with Gasteiger partial charge in [0, 0.05) is 35.1 Å². The lowest BCUT2D eigenvalue weighted by atomic mass is 9.74. The molecule has 0 N–H and O–H groups in total. The summed E-state index contributed by atoms with van der Waals surface area (Å²) in [4.78, 5) is 12.3. The van der Waals surface area contributed by atoms with Crippen molar-refractivity contribution in [3.63, 3.8) is 0 Å². The second kappa shape index (κ2) is 7.57. The van der Waals surface area contributed by atoms with Crippen LogP contribution < -0.4 is 0 Å². The summed E-state index contributed by atoms with van der Waals surface area (Å²) in [5, 5.41) is 15.9. The van der Waals surface area contributed by atoms with Crippen LogP contribution in [0.4, 0.5) is 11.5 Å². The molecule has 0 spiro atoms. The van der Waals surface area contributed by atoms with Crippen molar-refractivity contribution in [1.82, 2.24) is 4.57 Å². The number of fused-ring (bicyclic) bond motifs is 3. The summed E-state index contributed by atoms with van der Waals surface area (Å²) in [6.45, 7) is 2.26. The van der Waals surface area contributed by atoms with Gasteiger partial charge in [0.2, 0.25) is 5.69 Å². The number of hydrogen-bond donors (Lipinski definition) is 0. The van der Waals surface area contributed by atoms with Gasteiger partial charge in [-0.1, -0.05) is 30.3 Å². The zero-order valence-electron chi connectivity index (χ0n) is 18.3. The number of allylic oxidation sites excluding steroid dienone is 1. The predicted molar refractivity (Wildman–Crippen MR) is 131 cm³/mol. The highest BCUT2D eigenvalue weighted by atomic mass is 32.1. The minimum atomic E-state index is -0.349. The van der Waals surface area contributed by atoms with E-state index in [2.05, 4.69) is 84.6 Å². The van der Waals surface area contributed by atoms with Crippen LogP contribution in [0, 0.1) is 10.1 Å². The summed E-state index contributed by atoms with van der Waals surface area (Å²) in [5.41, 5.74) is 4.23. The van der Waals surface area contributed by atoms with Crippen molar-refractivity contribution in [2.75, 3.05) is 7.05 Å². The highest BCUT2D eigenvalue weighted by Crippen LogP contribution is 2.46. The van der Waals surface area contributed by atoms with Gasteiger partial charge in [0.05, 0.1) is 12.5 Å². The third kappa shape index (κ3) is 3.10. The Balaban J connectivity index is 1.71. The average Bonchev–Trinajstić information content (AvgIpc) is 3.47. The fraction of sp³-hybridized carbons (Fsp3) is 0.192. The Hall–Kier alpha value is -3.51. The van der Waals surface area contributed by atoms with Gasteiger partial charge in [-0.25, -0.2) is 4.57 Å². The fourth-order valence-corrected chi connectivity index (χ4v) is 5.65. The van der Waals surface area contributed by atoms with E-state index in [1.54, 1.807) is 29.0 Å². The van der Waals surface area contributed by atoms with Crippen LogP contribution >= 0.6 is 11.3 Å². The molecule has 5 nitrogen and oxygen atoms in total. The van der Waals surface area contributed by atoms with Crippen molar-refractivity contribution in [2.45, 2.75) is 18.8 Å². The molecule has 0 fully saturated rings. The van der Waals surface area contributed by atoms with Gasteiger partial charge in [0.1, 0.15) is 12.7 Å². The molecule has 0 aliphatic carbocycles. The molecule has 0 saturated heterocycles. The van der Waals surface area contributed by atoms with Crippen LogP contribution in [0.5, 0.6) is 0 Å². The van der Waals surface area contributed by atoms with Gasteiger partial charge in [-0.3, -0.25) is 0 Å². The lowest BCUT2D eigenvalue weighted by molar-refractivity contribution is -0.401. The average molecular weight is 443 g/mol. The third-order valence-corrected chi connectivity index (χ3v) is 7.45. The Morgan fingerprint density at radius 3 is 2.62 bits per heavy atom. The zero-order valence-corrected chi connectivity index (χ0v) is 19.1. The summed E-state index contributed by atoms with van der Waals surface area (Å²) in [5.74, 6) is 0.115. The number of nitro groups is 1. The Morgan fingerprint density at radius 2 is 1.91 bits per heavy atom. The Bertz CT molecular complexity index is 1410. The number of hydrogen-bond acceptors (Lipinski definition) is 3.